The molecule has 1 saturated carbocycles. The third-order valence-corrected chi connectivity index (χ3v) is 5.06. The first-order chi connectivity index (χ1) is 10.3. The third kappa shape index (κ3) is 3.65. The Labute approximate surface area is 128 Å². The van der Waals surface area contributed by atoms with E-state index in [2.05, 4.69) is 29.2 Å². The number of hydrogen-bond donors (Lipinski definition) is 1. The molecule has 2 aliphatic rings. The van der Waals surface area contributed by atoms with Crippen LogP contribution in [0.4, 0.5) is 0 Å². The van der Waals surface area contributed by atoms with E-state index < -0.39 is 0 Å². The lowest BCUT2D eigenvalue weighted by atomic mass is 9.94. The van der Waals surface area contributed by atoms with Gasteiger partial charge in [0.25, 0.3) is 0 Å². The summed E-state index contributed by atoms with van der Waals surface area (Å²) in [5, 5.41) is 0. The van der Waals surface area contributed by atoms with Crippen LogP contribution < -0.4 is 5.73 Å². The van der Waals surface area contributed by atoms with Gasteiger partial charge in [-0.1, -0.05) is 24.3 Å². The molecule has 0 spiro atoms. The molecule has 1 aromatic carbocycles. The highest BCUT2D eigenvalue weighted by Crippen LogP contribution is 2.41. The van der Waals surface area contributed by atoms with Crippen molar-refractivity contribution in [3.05, 3.63) is 35.4 Å². The third-order valence-electron chi connectivity index (χ3n) is 5.06. The minimum atomic E-state index is 0.382. The first kappa shape index (κ1) is 15.0. The van der Waals surface area contributed by atoms with E-state index in [1.54, 1.807) is 7.11 Å². The number of nitrogens with two attached hydrogens (primary N) is 1. The maximum atomic E-state index is 6.10. The Bertz CT molecular complexity index is 450. The van der Waals surface area contributed by atoms with Gasteiger partial charge in [0.05, 0.1) is 0 Å². The lowest BCUT2D eigenvalue weighted by Gasteiger charge is -2.37. The molecule has 0 amide bonds. The molecule has 1 saturated heterocycles. The van der Waals surface area contributed by atoms with Crippen molar-refractivity contribution in [2.24, 2.45) is 11.7 Å². The summed E-state index contributed by atoms with van der Waals surface area (Å²) in [5.74, 6) is 1.54. The highest BCUT2D eigenvalue weighted by molar-refractivity contribution is 5.31. The number of benzene rings is 1. The molecule has 1 aliphatic heterocycles. The summed E-state index contributed by atoms with van der Waals surface area (Å²) in [7, 11) is 1.80. The van der Waals surface area contributed by atoms with Crippen molar-refractivity contribution in [2.75, 3.05) is 33.4 Å². The van der Waals surface area contributed by atoms with Crippen LogP contribution >= 0.6 is 0 Å². The van der Waals surface area contributed by atoms with Crippen molar-refractivity contribution in [3.8, 4) is 0 Å². The predicted molar refractivity (Wildman–Crippen MR) is 86.4 cm³/mol. The minimum absolute atomic E-state index is 0.382. The molecular weight excluding hydrogens is 260 g/mol. The van der Waals surface area contributed by atoms with E-state index in [1.165, 1.54) is 36.8 Å². The number of likely N-dealkylation sites (tertiary alicyclic amines) is 1. The molecular formula is C18H28N2O. The molecule has 3 heteroatoms. The van der Waals surface area contributed by atoms with Gasteiger partial charge >= 0.3 is 0 Å². The maximum Gasteiger partial charge on any atom is 0.0491 e. The van der Waals surface area contributed by atoms with Crippen molar-refractivity contribution in [1.29, 1.82) is 0 Å². The van der Waals surface area contributed by atoms with Gasteiger partial charge < -0.3 is 10.5 Å². The zero-order valence-electron chi connectivity index (χ0n) is 13.1. The SMILES string of the molecule is COCC1CCN(C(CN)c2cccc(C3CC3)c2)CC1. The number of methoxy groups -OCH3 is 1. The van der Waals surface area contributed by atoms with Gasteiger partial charge in [0.2, 0.25) is 0 Å². The van der Waals surface area contributed by atoms with Gasteiger partial charge in [-0.05, 0) is 61.7 Å². The Morgan fingerprint density at radius 3 is 2.62 bits per heavy atom. The van der Waals surface area contributed by atoms with E-state index in [-0.39, 0.29) is 0 Å². The molecule has 0 aromatic heterocycles. The normalized spacial score (nSPS) is 22.4. The van der Waals surface area contributed by atoms with Gasteiger partial charge in [-0.3, -0.25) is 4.90 Å². The second-order valence-corrected chi connectivity index (χ2v) is 6.63. The zero-order chi connectivity index (χ0) is 14.7. The fourth-order valence-electron chi connectivity index (χ4n) is 3.60. The molecule has 1 unspecified atom stereocenters. The van der Waals surface area contributed by atoms with E-state index in [0.717, 1.165) is 31.5 Å². The van der Waals surface area contributed by atoms with Gasteiger partial charge in [-0.2, -0.15) is 0 Å². The molecule has 1 atom stereocenters. The highest BCUT2D eigenvalue weighted by Gasteiger charge is 2.27. The van der Waals surface area contributed by atoms with Crippen LogP contribution in [0.25, 0.3) is 0 Å². The molecule has 0 bridgehead atoms. The van der Waals surface area contributed by atoms with E-state index in [9.17, 15) is 0 Å². The number of piperidine rings is 1. The average Bonchev–Trinajstić information content (AvgIpc) is 3.35. The van der Waals surface area contributed by atoms with E-state index >= 15 is 0 Å². The number of nitrogens with zero attached hydrogens (tertiary/aromatic N) is 1. The molecule has 1 heterocycles. The Balaban J connectivity index is 1.66. The minimum Gasteiger partial charge on any atom is -0.384 e. The van der Waals surface area contributed by atoms with Crippen LogP contribution in [0.15, 0.2) is 24.3 Å². The van der Waals surface area contributed by atoms with Gasteiger partial charge in [0.1, 0.15) is 0 Å². The molecule has 2 fully saturated rings. The standard InChI is InChI=1S/C18H28N2O/c1-21-13-14-7-9-20(10-8-14)18(12-19)17-4-2-3-16(11-17)15-5-6-15/h2-4,11,14-15,18H,5-10,12-13,19H2,1H3. The highest BCUT2D eigenvalue weighted by atomic mass is 16.5. The molecule has 3 nitrogen and oxygen atoms in total. The fourth-order valence-corrected chi connectivity index (χ4v) is 3.60. The summed E-state index contributed by atoms with van der Waals surface area (Å²) < 4.78 is 5.29. The number of rotatable bonds is 6. The summed E-state index contributed by atoms with van der Waals surface area (Å²) in [6.07, 6.45) is 5.18. The Kier molecular flexibility index (Phi) is 4.94. The summed E-state index contributed by atoms with van der Waals surface area (Å²) in [6, 6.07) is 9.52. The molecule has 1 aliphatic carbocycles. The molecule has 3 rings (SSSR count). The van der Waals surface area contributed by atoms with Crippen molar-refractivity contribution in [2.45, 2.75) is 37.6 Å². The molecule has 21 heavy (non-hydrogen) atoms. The van der Waals surface area contributed by atoms with Crippen LogP contribution in [0.3, 0.4) is 0 Å². The van der Waals surface area contributed by atoms with Gasteiger partial charge in [0.15, 0.2) is 0 Å². The second kappa shape index (κ2) is 6.91. The van der Waals surface area contributed by atoms with Crippen LogP contribution in [0.5, 0.6) is 0 Å². The summed E-state index contributed by atoms with van der Waals surface area (Å²) in [5.41, 5.74) is 9.03. The van der Waals surface area contributed by atoms with Gasteiger partial charge in [0, 0.05) is 26.3 Å². The summed E-state index contributed by atoms with van der Waals surface area (Å²) in [6.45, 7) is 3.90. The zero-order valence-corrected chi connectivity index (χ0v) is 13.1. The molecule has 0 radical (unpaired) electrons. The summed E-state index contributed by atoms with van der Waals surface area (Å²) >= 11 is 0. The van der Waals surface area contributed by atoms with Crippen LogP contribution in [0.2, 0.25) is 0 Å². The van der Waals surface area contributed by atoms with E-state index in [4.69, 9.17) is 10.5 Å². The first-order valence-corrected chi connectivity index (χ1v) is 8.34. The number of hydrogen-bond acceptors (Lipinski definition) is 3. The average molecular weight is 288 g/mol. The Morgan fingerprint density at radius 1 is 1.24 bits per heavy atom. The smallest absolute Gasteiger partial charge is 0.0491 e. The quantitative estimate of drug-likeness (QED) is 0.874. The topological polar surface area (TPSA) is 38.5 Å². The first-order valence-electron chi connectivity index (χ1n) is 8.34. The second-order valence-electron chi connectivity index (χ2n) is 6.63. The van der Waals surface area contributed by atoms with E-state index in [1.807, 2.05) is 0 Å². The van der Waals surface area contributed by atoms with Crippen LogP contribution in [0, 0.1) is 5.92 Å². The maximum absolute atomic E-state index is 6.10. The van der Waals surface area contributed by atoms with Crippen molar-refractivity contribution in [1.82, 2.24) is 4.90 Å². The lowest BCUT2D eigenvalue weighted by Crippen LogP contribution is -2.40. The van der Waals surface area contributed by atoms with Gasteiger partial charge in [-0.15, -0.1) is 0 Å². The van der Waals surface area contributed by atoms with Crippen LogP contribution in [-0.4, -0.2) is 38.3 Å². The van der Waals surface area contributed by atoms with Crippen LogP contribution in [0.1, 0.15) is 48.8 Å². The van der Waals surface area contributed by atoms with Crippen molar-refractivity contribution < 1.29 is 4.74 Å². The monoisotopic (exact) mass is 288 g/mol. The van der Waals surface area contributed by atoms with Crippen LogP contribution in [-0.2, 0) is 4.74 Å². The van der Waals surface area contributed by atoms with Crippen molar-refractivity contribution >= 4 is 0 Å². The summed E-state index contributed by atoms with van der Waals surface area (Å²) in [4.78, 5) is 2.57. The largest absolute Gasteiger partial charge is 0.384 e. The van der Waals surface area contributed by atoms with E-state index in [0.29, 0.717) is 12.6 Å². The lowest BCUT2D eigenvalue weighted by molar-refractivity contribution is 0.0810. The molecule has 116 valence electrons. The number of ether oxygens (including phenoxy) is 1. The molecule has 1 aromatic rings. The van der Waals surface area contributed by atoms with Gasteiger partial charge in [-0.25, -0.2) is 0 Å². The fraction of sp³-hybridized carbons (Fsp3) is 0.667. The molecule has 2 N–H and O–H groups in total. The Hall–Kier alpha value is -0.900. The Morgan fingerprint density at radius 2 is 2.00 bits per heavy atom. The van der Waals surface area contributed by atoms with Crippen molar-refractivity contribution in [3.63, 3.8) is 0 Å². The predicted octanol–water partition coefficient (Wildman–Crippen LogP) is 2.92.